The third-order valence-electron chi connectivity index (χ3n) is 2.84. The molecule has 132 valence electrons. The van der Waals surface area contributed by atoms with Crippen LogP contribution < -0.4 is 9.47 Å². The predicted octanol–water partition coefficient (Wildman–Crippen LogP) is 2.51. The summed E-state index contributed by atoms with van der Waals surface area (Å²) in [5, 5.41) is 10.0. The third-order valence-corrected chi connectivity index (χ3v) is 4.31. The fourth-order valence-electron chi connectivity index (χ4n) is 1.69. The summed E-state index contributed by atoms with van der Waals surface area (Å²) in [6.45, 7) is 1.31. The van der Waals surface area contributed by atoms with Crippen LogP contribution in [-0.4, -0.2) is 64.2 Å². The van der Waals surface area contributed by atoms with E-state index in [9.17, 15) is 13.5 Å². The van der Waals surface area contributed by atoms with Crippen molar-refractivity contribution in [3.8, 4) is 17.4 Å². The van der Waals surface area contributed by atoms with Crippen LogP contribution >= 0.6 is 23.2 Å². The molecule has 0 saturated carbocycles. The van der Waals surface area contributed by atoms with Crippen LogP contribution in [0.5, 0.6) is 17.4 Å². The number of hydrogen-bond donors (Lipinski definition) is 2. The first-order chi connectivity index (χ1) is 11.2. The SMILES string of the molecule is CC(Oc1ccc(Oc2ncc(Cl)cc2Cl)cc1)C(O)S(=O)(=O)O.[NaH]. The van der Waals surface area contributed by atoms with E-state index in [0.29, 0.717) is 10.8 Å². The summed E-state index contributed by atoms with van der Waals surface area (Å²) in [5.74, 6) is 0.847. The Bertz CT molecular complexity index is 819. The van der Waals surface area contributed by atoms with E-state index in [0.717, 1.165) is 0 Å². The van der Waals surface area contributed by atoms with Crippen molar-refractivity contribution < 1.29 is 27.6 Å². The van der Waals surface area contributed by atoms with Gasteiger partial charge in [-0.15, -0.1) is 0 Å². The van der Waals surface area contributed by atoms with Crippen LogP contribution in [0.1, 0.15) is 6.92 Å². The number of aliphatic hydroxyl groups is 1. The summed E-state index contributed by atoms with van der Waals surface area (Å²) in [4.78, 5) is 3.95. The van der Waals surface area contributed by atoms with Crippen molar-refractivity contribution in [2.24, 2.45) is 0 Å². The number of aromatic nitrogens is 1. The van der Waals surface area contributed by atoms with Gasteiger partial charge in [0.2, 0.25) is 11.3 Å². The van der Waals surface area contributed by atoms with Crippen LogP contribution in [0.4, 0.5) is 0 Å². The van der Waals surface area contributed by atoms with Gasteiger partial charge in [0.1, 0.15) is 22.6 Å². The molecule has 2 rings (SSSR count). The van der Waals surface area contributed by atoms with Gasteiger partial charge in [0, 0.05) is 6.20 Å². The first kappa shape index (κ1) is 22.5. The van der Waals surface area contributed by atoms with Gasteiger partial charge < -0.3 is 14.6 Å². The molecule has 0 aliphatic rings. The number of pyridine rings is 1. The maximum atomic E-state index is 10.9. The number of rotatable bonds is 6. The van der Waals surface area contributed by atoms with Gasteiger partial charge in [-0.05, 0) is 37.3 Å². The first-order valence-corrected chi connectivity index (χ1v) is 8.82. The van der Waals surface area contributed by atoms with Crippen LogP contribution in [0.3, 0.4) is 0 Å². The van der Waals surface area contributed by atoms with Crippen LogP contribution in [-0.2, 0) is 10.1 Å². The van der Waals surface area contributed by atoms with Gasteiger partial charge in [-0.25, -0.2) is 4.98 Å². The average molecular weight is 418 g/mol. The van der Waals surface area contributed by atoms with Crippen molar-refractivity contribution in [2.75, 3.05) is 0 Å². The fourth-order valence-corrected chi connectivity index (χ4v) is 2.65. The van der Waals surface area contributed by atoms with E-state index in [4.69, 9.17) is 37.2 Å². The first-order valence-electron chi connectivity index (χ1n) is 6.57. The number of nitrogens with zero attached hydrogens (tertiary/aromatic N) is 1. The van der Waals surface area contributed by atoms with E-state index >= 15 is 0 Å². The van der Waals surface area contributed by atoms with Crippen LogP contribution in [0.25, 0.3) is 0 Å². The van der Waals surface area contributed by atoms with Gasteiger partial charge in [-0.1, -0.05) is 23.2 Å². The number of ether oxygens (including phenoxy) is 2. The Kier molecular flexibility index (Phi) is 8.43. The molecule has 0 aliphatic heterocycles. The predicted molar refractivity (Wildman–Crippen MR) is 95.6 cm³/mol. The van der Waals surface area contributed by atoms with Gasteiger partial charge in [0.05, 0.1) is 5.02 Å². The minimum absolute atomic E-state index is 0. The molecule has 2 N–H and O–H groups in total. The molecule has 1 aromatic carbocycles. The molecule has 0 amide bonds. The molecule has 0 saturated heterocycles. The van der Waals surface area contributed by atoms with E-state index in [2.05, 4.69) is 4.98 Å². The Morgan fingerprint density at radius 3 is 2.24 bits per heavy atom. The number of aliphatic hydroxyl groups excluding tert-OH is 1. The summed E-state index contributed by atoms with van der Waals surface area (Å²) in [5.41, 5.74) is -2.05. The molecule has 1 heterocycles. The van der Waals surface area contributed by atoms with Crippen LogP contribution in [0.15, 0.2) is 36.5 Å². The van der Waals surface area contributed by atoms with Crippen molar-refractivity contribution in [2.45, 2.75) is 18.5 Å². The van der Waals surface area contributed by atoms with Crippen molar-refractivity contribution in [1.29, 1.82) is 0 Å². The number of hydrogen-bond acceptors (Lipinski definition) is 6. The molecule has 0 radical (unpaired) electrons. The zero-order valence-corrected chi connectivity index (χ0v) is 14.6. The normalized spacial score (nSPS) is 13.5. The second kappa shape index (κ2) is 9.38. The Labute approximate surface area is 176 Å². The second-order valence-electron chi connectivity index (χ2n) is 4.74. The molecular weight excluding hydrogens is 404 g/mol. The molecule has 2 aromatic rings. The fraction of sp³-hybridized carbons (Fsp3) is 0.214. The molecule has 2 atom stereocenters. The van der Waals surface area contributed by atoms with Gasteiger partial charge in [0.25, 0.3) is 10.1 Å². The van der Waals surface area contributed by atoms with Crippen molar-refractivity contribution >= 4 is 62.9 Å². The Hall–Kier alpha value is -0.580. The zero-order chi connectivity index (χ0) is 17.9. The van der Waals surface area contributed by atoms with Crippen molar-refractivity contribution in [1.82, 2.24) is 4.98 Å². The van der Waals surface area contributed by atoms with E-state index in [1.54, 1.807) is 0 Å². The average Bonchev–Trinajstić information content (AvgIpc) is 2.50. The summed E-state index contributed by atoms with van der Waals surface area (Å²) < 4.78 is 41.2. The maximum absolute atomic E-state index is 10.9. The number of halogens is 2. The monoisotopic (exact) mass is 417 g/mol. The quantitative estimate of drug-likeness (QED) is 0.549. The molecule has 1 aromatic heterocycles. The summed E-state index contributed by atoms with van der Waals surface area (Å²) in [7, 11) is -4.61. The third kappa shape index (κ3) is 6.58. The van der Waals surface area contributed by atoms with E-state index in [1.807, 2.05) is 0 Å². The Balaban J connectivity index is 0.00000312. The van der Waals surface area contributed by atoms with Gasteiger partial charge in [-0.3, -0.25) is 4.55 Å². The topological polar surface area (TPSA) is 106 Å². The van der Waals surface area contributed by atoms with Crippen molar-refractivity contribution in [3.63, 3.8) is 0 Å². The standard InChI is InChI=1S/C14H13Cl2NO6S.Na.H/c1-8(14(18)24(19,20)21)22-10-2-4-11(5-3-10)23-13-12(16)6-9(15)7-17-13;;/h2-8,14,18H,1H3,(H,19,20,21);;. The van der Waals surface area contributed by atoms with Crippen LogP contribution in [0.2, 0.25) is 10.0 Å². The minimum atomic E-state index is -4.61. The Morgan fingerprint density at radius 1 is 1.16 bits per heavy atom. The van der Waals surface area contributed by atoms with Crippen molar-refractivity contribution in [3.05, 3.63) is 46.6 Å². The molecule has 7 nitrogen and oxygen atoms in total. The molecule has 2 unspecified atom stereocenters. The Morgan fingerprint density at radius 2 is 1.72 bits per heavy atom. The van der Waals surface area contributed by atoms with Gasteiger partial charge >= 0.3 is 29.6 Å². The van der Waals surface area contributed by atoms with Gasteiger partial charge in [0.15, 0.2) is 0 Å². The zero-order valence-electron chi connectivity index (χ0n) is 12.3. The summed E-state index contributed by atoms with van der Waals surface area (Å²) >= 11 is 11.7. The van der Waals surface area contributed by atoms with E-state index in [-0.39, 0.29) is 46.2 Å². The van der Waals surface area contributed by atoms with Gasteiger partial charge in [-0.2, -0.15) is 8.42 Å². The molecule has 11 heteroatoms. The molecule has 0 aliphatic carbocycles. The number of benzene rings is 1. The summed E-state index contributed by atoms with van der Waals surface area (Å²) in [6, 6.07) is 7.54. The van der Waals surface area contributed by atoms with E-state index < -0.39 is 21.7 Å². The molecule has 0 fully saturated rings. The second-order valence-corrected chi connectivity index (χ2v) is 7.10. The van der Waals surface area contributed by atoms with Crippen LogP contribution in [0, 0.1) is 0 Å². The molecule has 0 spiro atoms. The molecular formula is C14H14Cl2NNaO6S. The molecule has 0 bridgehead atoms. The summed E-state index contributed by atoms with van der Waals surface area (Å²) in [6.07, 6.45) is 0.220. The van der Waals surface area contributed by atoms with E-state index in [1.165, 1.54) is 43.5 Å². The molecule has 25 heavy (non-hydrogen) atoms.